The first-order chi connectivity index (χ1) is 10.1. The van der Waals surface area contributed by atoms with Gasteiger partial charge in [0, 0.05) is 5.56 Å². The van der Waals surface area contributed by atoms with Crippen LogP contribution in [0.2, 0.25) is 0 Å². The molecule has 1 aliphatic carbocycles. The molecule has 1 N–H and O–H groups in total. The molecule has 0 heterocycles. The summed E-state index contributed by atoms with van der Waals surface area (Å²) in [4.78, 5) is 2.56. The van der Waals surface area contributed by atoms with E-state index >= 15 is 0 Å². The van der Waals surface area contributed by atoms with Gasteiger partial charge in [0.25, 0.3) is 10.0 Å². The average Bonchev–Trinajstić information content (AvgIpc) is 2.89. The van der Waals surface area contributed by atoms with Crippen molar-refractivity contribution in [3.8, 4) is 0 Å². The summed E-state index contributed by atoms with van der Waals surface area (Å²) in [6, 6.07) is 14.7. The Morgan fingerprint density at radius 3 is 2.48 bits per heavy atom. The van der Waals surface area contributed by atoms with E-state index in [0.717, 1.165) is 29.7 Å². The number of aryl methyl sites for hydroxylation is 2. The SMILES string of the molecule is Cc1ccc(S(=O)(=O)N/N=C2/CCc3ccccc32)cc1. The molecule has 0 fully saturated rings. The van der Waals surface area contributed by atoms with E-state index in [-0.39, 0.29) is 4.90 Å². The van der Waals surface area contributed by atoms with E-state index in [1.807, 2.05) is 31.2 Å². The molecule has 0 radical (unpaired) electrons. The smallest absolute Gasteiger partial charge is 0.200 e. The number of hydrogen-bond acceptors (Lipinski definition) is 3. The average molecular weight is 300 g/mol. The van der Waals surface area contributed by atoms with Crippen molar-refractivity contribution in [2.24, 2.45) is 5.10 Å². The molecule has 0 saturated carbocycles. The quantitative estimate of drug-likeness (QED) is 0.886. The van der Waals surface area contributed by atoms with Crippen LogP contribution in [0.5, 0.6) is 0 Å². The summed E-state index contributed by atoms with van der Waals surface area (Å²) >= 11 is 0. The zero-order valence-electron chi connectivity index (χ0n) is 11.7. The van der Waals surface area contributed by atoms with Crippen molar-refractivity contribution < 1.29 is 8.42 Å². The molecule has 0 bridgehead atoms. The van der Waals surface area contributed by atoms with Crippen LogP contribution in [0.15, 0.2) is 58.5 Å². The number of hydrazone groups is 1. The van der Waals surface area contributed by atoms with Crippen LogP contribution in [0.4, 0.5) is 0 Å². The van der Waals surface area contributed by atoms with Gasteiger partial charge in [-0.15, -0.1) is 0 Å². The lowest BCUT2D eigenvalue weighted by Gasteiger charge is -2.05. The van der Waals surface area contributed by atoms with Crippen molar-refractivity contribution in [3.63, 3.8) is 0 Å². The summed E-state index contributed by atoms with van der Waals surface area (Å²) in [7, 11) is -3.60. The third-order valence-corrected chi connectivity index (χ3v) is 4.82. The molecule has 0 unspecified atom stereocenters. The van der Waals surface area contributed by atoms with Crippen molar-refractivity contribution in [2.75, 3.05) is 0 Å². The number of hydrogen-bond donors (Lipinski definition) is 1. The fourth-order valence-corrected chi connectivity index (χ4v) is 3.24. The number of rotatable bonds is 3. The molecule has 21 heavy (non-hydrogen) atoms. The molecule has 0 atom stereocenters. The maximum Gasteiger partial charge on any atom is 0.276 e. The van der Waals surface area contributed by atoms with Gasteiger partial charge in [0.2, 0.25) is 0 Å². The Morgan fingerprint density at radius 1 is 1.00 bits per heavy atom. The molecule has 108 valence electrons. The minimum Gasteiger partial charge on any atom is -0.200 e. The van der Waals surface area contributed by atoms with E-state index in [1.165, 1.54) is 5.56 Å². The second kappa shape index (κ2) is 5.33. The van der Waals surface area contributed by atoms with Gasteiger partial charge in [-0.25, -0.2) is 0 Å². The fraction of sp³-hybridized carbons (Fsp3) is 0.188. The van der Waals surface area contributed by atoms with Crippen LogP contribution in [0, 0.1) is 6.92 Å². The van der Waals surface area contributed by atoms with Gasteiger partial charge in [-0.05, 0) is 37.5 Å². The summed E-state index contributed by atoms with van der Waals surface area (Å²) in [5.41, 5.74) is 4.06. The summed E-state index contributed by atoms with van der Waals surface area (Å²) in [5, 5.41) is 4.11. The summed E-state index contributed by atoms with van der Waals surface area (Å²) < 4.78 is 24.4. The van der Waals surface area contributed by atoms with E-state index in [0.29, 0.717) is 0 Å². The number of nitrogens with zero attached hydrogens (tertiary/aromatic N) is 1. The summed E-state index contributed by atoms with van der Waals surface area (Å²) in [6.45, 7) is 1.92. The van der Waals surface area contributed by atoms with Crippen LogP contribution in [0.25, 0.3) is 0 Å². The molecule has 0 saturated heterocycles. The normalized spacial score (nSPS) is 16.0. The molecule has 5 heteroatoms. The molecular formula is C16H16N2O2S. The molecule has 3 rings (SSSR count). The third-order valence-electron chi connectivity index (χ3n) is 3.59. The van der Waals surface area contributed by atoms with Gasteiger partial charge in [-0.2, -0.15) is 18.4 Å². The van der Waals surface area contributed by atoms with Crippen molar-refractivity contribution >= 4 is 15.7 Å². The zero-order valence-corrected chi connectivity index (χ0v) is 12.5. The highest BCUT2D eigenvalue weighted by molar-refractivity contribution is 7.89. The van der Waals surface area contributed by atoms with Crippen molar-refractivity contribution in [1.82, 2.24) is 4.83 Å². The lowest BCUT2D eigenvalue weighted by molar-refractivity contribution is 0.584. The van der Waals surface area contributed by atoms with E-state index in [9.17, 15) is 8.42 Å². The first kappa shape index (κ1) is 13.8. The summed E-state index contributed by atoms with van der Waals surface area (Å²) in [6.07, 6.45) is 1.66. The van der Waals surface area contributed by atoms with Crippen LogP contribution >= 0.6 is 0 Å². The first-order valence-corrected chi connectivity index (χ1v) is 8.28. The van der Waals surface area contributed by atoms with E-state index in [1.54, 1.807) is 24.3 Å². The minimum atomic E-state index is -3.60. The van der Waals surface area contributed by atoms with Crippen molar-refractivity contribution in [1.29, 1.82) is 0 Å². The van der Waals surface area contributed by atoms with Gasteiger partial charge in [0.15, 0.2) is 0 Å². The highest BCUT2D eigenvalue weighted by Crippen LogP contribution is 2.22. The van der Waals surface area contributed by atoms with Gasteiger partial charge in [0.1, 0.15) is 0 Å². The Kier molecular flexibility index (Phi) is 3.51. The van der Waals surface area contributed by atoms with Crippen LogP contribution < -0.4 is 4.83 Å². The minimum absolute atomic E-state index is 0.226. The Bertz CT molecular complexity index is 793. The summed E-state index contributed by atoms with van der Waals surface area (Å²) in [5.74, 6) is 0. The second-order valence-electron chi connectivity index (χ2n) is 5.12. The highest BCUT2D eigenvalue weighted by Gasteiger charge is 2.18. The topological polar surface area (TPSA) is 58.5 Å². The molecule has 2 aromatic rings. The fourth-order valence-electron chi connectivity index (χ4n) is 2.41. The van der Waals surface area contributed by atoms with E-state index < -0.39 is 10.0 Å². The molecular weight excluding hydrogens is 284 g/mol. The number of fused-ring (bicyclic) bond motifs is 1. The predicted molar refractivity (Wildman–Crippen MR) is 82.8 cm³/mol. The molecule has 0 amide bonds. The third kappa shape index (κ3) is 2.83. The first-order valence-electron chi connectivity index (χ1n) is 6.79. The number of nitrogens with one attached hydrogen (secondary N) is 1. The van der Waals surface area contributed by atoms with Gasteiger partial charge in [-0.1, -0.05) is 42.0 Å². The second-order valence-corrected chi connectivity index (χ2v) is 6.78. The largest absolute Gasteiger partial charge is 0.276 e. The van der Waals surface area contributed by atoms with E-state index in [4.69, 9.17) is 0 Å². The van der Waals surface area contributed by atoms with E-state index in [2.05, 4.69) is 9.93 Å². The van der Waals surface area contributed by atoms with Gasteiger partial charge < -0.3 is 0 Å². The van der Waals surface area contributed by atoms with Gasteiger partial charge >= 0.3 is 0 Å². The van der Waals surface area contributed by atoms with Crippen LogP contribution in [-0.2, 0) is 16.4 Å². The maximum absolute atomic E-state index is 12.2. The molecule has 0 aliphatic heterocycles. The van der Waals surface area contributed by atoms with Crippen molar-refractivity contribution in [3.05, 3.63) is 65.2 Å². The van der Waals surface area contributed by atoms with Crippen LogP contribution in [0.1, 0.15) is 23.1 Å². The lowest BCUT2D eigenvalue weighted by atomic mass is 10.1. The maximum atomic E-state index is 12.2. The van der Waals surface area contributed by atoms with Gasteiger partial charge in [0.05, 0.1) is 10.6 Å². The molecule has 1 aliphatic rings. The Morgan fingerprint density at radius 2 is 1.71 bits per heavy atom. The van der Waals surface area contributed by atoms with Crippen LogP contribution in [-0.4, -0.2) is 14.1 Å². The van der Waals surface area contributed by atoms with Crippen molar-refractivity contribution in [2.45, 2.75) is 24.7 Å². The standard InChI is InChI=1S/C16H16N2O2S/c1-12-6-9-14(10-7-12)21(19,20)18-17-16-11-8-13-4-2-3-5-15(13)16/h2-7,9-10,18H,8,11H2,1H3/b17-16-. The number of sulfonamides is 1. The Labute approximate surface area is 124 Å². The van der Waals surface area contributed by atoms with Gasteiger partial charge in [-0.3, -0.25) is 0 Å². The number of benzene rings is 2. The molecule has 2 aromatic carbocycles. The Hall–Kier alpha value is -2.14. The molecule has 4 nitrogen and oxygen atoms in total. The Balaban J connectivity index is 1.85. The zero-order chi connectivity index (χ0) is 14.9. The molecule has 0 aromatic heterocycles. The van der Waals surface area contributed by atoms with Crippen LogP contribution in [0.3, 0.4) is 0 Å². The molecule has 0 spiro atoms. The monoisotopic (exact) mass is 300 g/mol. The predicted octanol–water partition coefficient (Wildman–Crippen LogP) is 2.62. The highest BCUT2D eigenvalue weighted by atomic mass is 32.2. The lowest BCUT2D eigenvalue weighted by Crippen LogP contribution is -2.20.